The molecule has 0 aliphatic carbocycles. The van der Waals surface area contributed by atoms with Crippen LogP contribution in [0.5, 0.6) is 0 Å². The highest BCUT2D eigenvalue weighted by Crippen LogP contribution is 2.40. The highest BCUT2D eigenvalue weighted by Gasteiger charge is 2.35. The second-order valence-corrected chi connectivity index (χ2v) is 9.22. The number of anilines is 1. The summed E-state index contributed by atoms with van der Waals surface area (Å²) in [6.07, 6.45) is 1.76. The summed E-state index contributed by atoms with van der Waals surface area (Å²) >= 11 is 7.69. The molecule has 0 saturated heterocycles. The number of hydrogen-bond acceptors (Lipinski definition) is 5. The Bertz CT molecular complexity index is 1130. The van der Waals surface area contributed by atoms with Gasteiger partial charge in [0.15, 0.2) is 0 Å². The highest BCUT2D eigenvalue weighted by atomic mass is 35.5. The van der Waals surface area contributed by atoms with Crippen molar-refractivity contribution >= 4 is 62.4 Å². The molecule has 0 fully saturated rings. The Labute approximate surface area is 177 Å². The second kappa shape index (κ2) is 7.28. The summed E-state index contributed by atoms with van der Waals surface area (Å²) in [5, 5.41) is 1.24. The van der Waals surface area contributed by atoms with E-state index in [0.717, 1.165) is 15.2 Å². The molecular weight excluding hydrogens is 408 g/mol. The van der Waals surface area contributed by atoms with Crippen molar-refractivity contribution in [2.45, 2.75) is 26.4 Å². The van der Waals surface area contributed by atoms with E-state index in [9.17, 15) is 9.59 Å². The molecule has 1 aliphatic rings. The van der Waals surface area contributed by atoms with Crippen LogP contribution < -0.4 is 4.90 Å². The molecule has 1 amide bonds. The maximum Gasteiger partial charge on any atom is 0.326 e. The molecule has 2 aromatic carbocycles. The third-order valence-corrected chi connectivity index (χ3v) is 5.52. The first-order chi connectivity index (χ1) is 13.7. The van der Waals surface area contributed by atoms with E-state index in [2.05, 4.69) is 4.98 Å². The molecular formula is C22H19ClN2O3S. The van der Waals surface area contributed by atoms with Crippen molar-refractivity contribution in [3.8, 4) is 0 Å². The van der Waals surface area contributed by atoms with Crippen LogP contribution in [-0.4, -0.2) is 29.0 Å². The number of esters is 1. The van der Waals surface area contributed by atoms with E-state index in [1.807, 2.05) is 24.3 Å². The molecule has 5 nitrogen and oxygen atoms in total. The lowest BCUT2D eigenvalue weighted by molar-refractivity contribution is -0.153. The minimum absolute atomic E-state index is 0.165. The summed E-state index contributed by atoms with van der Waals surface area (Å²) in [5.74, 6) is -0.736. The van der Waals surface area contributed by atoms with Gasteiger partial charge >= 0.3 is 5.97 Å². The van der Waals surface area contributed by atoms with Crippen LogP contribution in [0.15, 0.2) is 42.5 Å². The van der Waals surface area contributed by atoms with Gasteiger partial charge in [0.05, 0.1) is 21.5 Å². The fourth-order valence-electron chi connectivity index (χ4n) is 3.20. The molecule has 2 heterocycles. The predicted molar refractivity (Wildman–Crippen MR) is 117 cm³/mol. The summed E-state index contributed by atoms with van der Waals surface area (Å²) < 4.78 is 6.43. The quantitative estimate of drug-likeness (QED) is 0.427. The monoisotopic (exact) mass is 426 g/mol. The molecule has 0 saturated carbocycles. The van der Waals surface area contributed by atoms with Crippen molar-refractivity contribution in [2.75, 3.05) is 11.4 Å². The molecule has 7 heteroatoms. The molecule has 0 unspecified atom stereocenters. The lowest BCUT2D eigenvalue weighted by atomic mass is 10.1. The van der Waals surface area contributed by atoms with Crippen molar-refractivity contribution in [3.05, 3.63) is 58.1 Å². The molecule has 0 atom stereocenters. The first-order valence-electron chi connectivity index (χ1n) is 9.12. The lowest BCUT2D eigenvalue weighted by Gasteiger charge is -2.22. The number of amides is 1. The van der Waals surface area contributed by atoms with Gasteiger partial charge in [-0.05, 0) is 57.2 Å². The molecule has 29 heavy (non-hydrogen) atoms. The number of halogens is 1. The van der Waals surface area contributed by atoms with Gasteiger partial charge in [0.25, 0.3) is 5.91 Å². The van der Waals surface area contributed by atoms with Gasteiger partial charge < -0.3 is 4.74 Å². The van der Waals surface area contributed by atoms with Crippen LogP contribution in [0.25, 0.3) is 21.9 Å². The van der Waals surface area contributed by atoms with Crippen LogP contribution >= 0.6 is 22.9 Å². The summed E-state index contributed by atoms with van der Waals surface area (Å²) in [7, 11) is 0. The standard InChI is InChI=1S/C22H19ClN2O3S/c1-22(2,3)28-20(26)12-25-17-9-8-13(23)10-14(17)15(21(25)27)11-19-24-16-6-4-5-7-18(16)29-19/h4-11H,12H2,1-3H3/b15-11+. The summed E-state index contributed by atoms with van der Waals surface area (Å²) in [6.45, 7) is 5.22. The van der Waals surface area contributed by atoms with Gasteiger partial charge in [0.2, 0.25) is 0 Å². The Morgan fingerprint density at radius 1 is 1.24 bits per heavy atom. The van der Waals surface area contributed by atoms with Gasteiger partial charge in [0, 0.05) is 10.6 Å². The molecule has 4 rings (SSSR count). The summed E-state index contributed by atoms with van der Waals surface area (Å²) in [6, 6.07) is 13.0. The predicted octanol–water partition coefficient (Wildman–Crippen LogP) is 5.18. The van der Waals surface area contributed by atoms with E-state index in [1.54, 1.807) is 45.0 Å². The molecule has 1 aliphatic heterocycles. The number of fused-ring (bicyclic) bond motifs is 2. The number of rotatable bonds is 3. The van der Waals surface area contributed by atoms with Crippen LogP contribution in [0.4, 0.5) is 5.69 Å². The number of hydrogen-bond donors (Lipinski definition) is 0. The first-order valence-corrected chi connectivity index (χ1v) is 10.3. The molecule has 148 valence electrons. The minimum atomic E-state index is -0.623. The average molecular weight is 427 g/mol. The highest BCUT2D eigenvalue weighted by molar-refractivity contribution is 7.19. The molecule has 3 aromatic rings. The Kier molecular flexibility index (Phi) is 4.92. The number of carbonyl (C=O) groups excluding carboxylic acids is 2. The van der Waals surface area contributed by atoms with Crippen molar-refractivity contribution in [1.82, 2.24) is 4.98 Å². The van der Waals surface area contributed by atoms with E-state index in [0.29, 0.717) is 21.8 Å². The SMILES string of the molecule is CC(C)(C)OC(=O)CN1C(=O)/C(=C/c2nc3ccccc3s2)c2cc(Cl)ccc21. The number of para-hydroxylation sites is 1. The number of thiazole rings is 1. The molecule has 0 spiro atoms. The van der Waals surface area contributed by atoms with Crippen molar-refractivity contribution in [3.63, 3.8) is 0 Å². The normalized spacial score (nSPS) is 15.2. The van der Waals surface area contributed by atoms with Crippen molar-refractivity contribution in [2.24, 2.45) is 0 Å². The first kappa shape index (κ1) is 19.6. The summed E-state index contributed by atoms with van der Waals surface area (Å²) in [4.78, 5) is 31.5. The van der Waals surface area contributed by atoms with Crippen molar-refractivity contribution in [1.29, 1.82) is 0 Å². The summed E-state index contributed by atoms with van der Waals surface area (Å²) in [5.41, 5.74) is 2.04. The number of nitrogens with zero attached hydrogens (tertiary/aromatic N) is 2. The van der Waals surface area contributed by atoms with E-state index in [1.165, 1.54) is 16.2 Å². The number of benzene rings is 2. The van der Waals surface area contributed by atoms with E-state index < -0.39 is 11.6 Å². The number of aromatic nitrogens is 1. The zero-order valence-electron chi connectivity index (χ0n) is 16.2. The molecule has 1 aromatic heterocycles. The molecule has 0 N–H and O–H groups in total. The lowest BCUT2D eigenvalue weighted by Crippen LogP contribution is -2.36. The van der Waals surface area contributed by atoms with Gasteiger partial charge in [-0.15, -0.1) is 11.3 Å². The van der Waals surface area contributed by atoms with E-state index in [-0.39, 0.29) is 12.5 Å². The van der Waals surface area contributed by atoms with Crippen LogP contribution in [0.3, 0.4) is 0 Å². The van der Waals surface area contributed by atoms with E-state index in [4.69, 9.17) is 16.3 Å². The van der Waals surface area contributed by atoms with Crippen molar-refractivity contribution < 1.29 is 14.3 Å². The Morgan fingerprint density at radius 3 is 2.72 bits per heavy atom. The fraction of sp³-hybridized carbons (Fsp3) is 0.227. The van der Waals surface area contributed by atoms with Crippen LogP contribution in [0.2, 0.25) is 5.02 Å². The largest absolute Gasteiger partial charge is 0.459 e. The van der Waals surface area contributed by atoms with Crippen LogP contribution in [-0.2, 0) is 14.3 Å². The zero-order valence-corrected chi connectivity index (χ0v) is 17.8. The Balaban J connectivity index is 1.72. The van der Waals surface area contributed by atoms with Gasteiger partial charge in [-0.1, -0.05) is 23.7 Å². The third-order valence-electron chi connectivity index (χ3n) is 4.30. The molecule has 0 bridgehead atoms. The minimum Gasteiger partial charge on any atom is -0.459 e. The van der Waals surface area contributed by atoms with Crippen LogP contribution in [0, 0.1) is 0 Å². The second-order valence-electron chi connectivity index (χ2n) is 7.72. The van der Waals surface area contributed by atoms with Gasteiger partial charge in [-0.3, -0.25) is 14.5 Å². The van der Waals surface area contributed by atoms with Crippen LogP contribution in [0.1, 0.15) is 31.3 Å². The maximum atomic E-state index is 13.2. The van der Waals surface area contributed by atoms with Gasteiger partial charge in [-0.2, -0.15) is 0 Å². The van der Waals surface area contributed by atoms with Gasteiger partial charge in [-0.25, -0.2) is 4.98 Å². The van der Waals surface area contributed by atoms with Gasteiger partial charge in [0.1, 0.15) is 17.2 Å². The Hall–Kier alpha value is -2.70. The number of ether oxygens (including phenoxy) is 1. The third kappa shape index (κ3) is 4.04. The smallest absolute Gasteiger partial charge is 0.326 e. The topological polar surface area (TPSA) is 59.5 Å². The fourth-order valence-corrected chi connectivity index (χ4v) is 4.29. The zero-order chi connectivity index (χ0) is 20.8. The maximum absolute atomic E-state index is 13.2. The van der Waals surface area contributed by atoms with E-state index >= 15 is 0 Å². The average Bonchev–Trinajstić information content (AvgIpc) is 3.14. The number of carbonyl (C=O) groups is 2. The molecule has 0 radical (unpaired) electrons. The Morgan fingerprint density at radius 2 is 2.00 bits per heavy atom.